The van der Waals surface area contributed by atoms with E-state index in [9.17, 15) is 4.79 Å². The lowest BCUT2D eigenvalue weighted by Crippen LogP contribution is -2.13. The number of rotatable bonds is 4. The zero-order valence-electron chi connectivity index (χ0n) is 13.7. The van der Waals surface area contributed by atoms with Crippen LogP contribution in [-0.4, -0.2) is 26.6 Å². The molecule has 0 spiro atoms. The summed E-state index contributed by atoms with van der Waals surface area (Å²) in [4.78, 5) is 24.4. The van der Waals surface area contributed by atoms with Crippen molar-refractivity contribution in [2.45, 2.75) is 6.54 Å². The molecule has 4 rings (SSSR count). The Kier molecular flexibility index (Phi) is 3.78. The van der Waals surface area contributed by atoms with Gasteiger partial charge < -0.3 is 14.9 Å². The predicted octanol–water partition coefficient (Wildman–Crippen LogP) is 2.88. The second-order valence-corrected chi connectivity index (χ2v) is 5.78. The van der Waals surface area contributed by atoms with Crippen molar-refractivity contribution in [1.82, 2.24) is 19.5 Å². The van der Waals surface area contributed by atoms with Crippen LogP contribution in [-0.2, 0) is 6.54 Å². The fraction of sp³-hybridized carbons (Fsp3) is 0.105. The molecule has 2 aromatic heterocycles. The fourth-order valence-electron chi connectivity index (χ4n) is 2.84. The first kappa shape index (κ1) is 15.1. The van der Waals surface area contributed by atoms with Crippen LogP contribution in [0.5, 0.6) is 0 Å². The first-order chi connectivity index (χ1) is 12.2. The molecule has 124 valence electrons. The maximum absolute atomic E-state index is 12.6. The van der Waals surface area contributed by atoms with E-state index in [-0.39, 0.29) is 5.56 Å². The van der Waals surface area contributed by atoms with Crippen molar-refractivity contribution in [3.05, 3.63) is 76.8 Å². The van der Waals surface area contributed by atoms with Crippen molar-refractivity contribution in [1.29, 1.82) is 0 Å². The molecule has 0 saturated heterocycles. The molecule has 4 aromatic rings. The van der Waals surface area contributed by atoms with Gasteiger partial charge in [0.2, 0.25) is 0 Å². The van der Waals surface area contributed by atoms with Crippen LogP contribution < -0.4 is 10.9 Å². The molecule has 0 fully saturated rings. The van der Waals surface area contributed by atoms with Crippen LogP contribution in [0.2, 0.25) is 0 Å². The number of benzene rings is 2. The quantitative estimate of drug-likeness (QED) is 0.603. The summed E-state index contributed by atoms with van der Waals surface area (Å²) in [6.07, 6.45) is 1.66. The molecule has 0 aliphatic carbocycles. The standard InChI is InChI=1S/C19H17N5O/c1-20-15-9-5-8-14(10-15)17-22-18-16(19(25)23-17)24(12-21-18)11-13-6-3-2-4-7-13/h2-10,12,20H,11H2,1H3,(H,22,23,25). The van der Waals surface area contributed by atoms with Crippen LogP contribution >= 0.6 is 0 Å². The maximum atomic E-state index is 12.6. The number of aromatic nitrogens is 4. The summed E-state index contributed by atoms with van der Waals surface area (Å²) in [6, 6.07) is 17.7. The molecule has 0 radical (unpaired) electrons. The van der Waals surface area contributed by atoms with Gasteiger partial charge in [-0.05, 0) is 17.7 Å². The average Bonchev–Trinajstić information content (AvgIpc) is 3.06. The molecule has 0 unspecified atom stereocenters. The molecule has 0 atom stereocenters. The number of nitrogens with zero attached hydrogens (tertiary/aromatic N) is 3. The van der Waals surface area contributed by atoms with Gasteiger partial charge in [0, 0.05) is 24.8 Å². The molecule has 0 saturated carbocycles. The van der Waals surface area contributed by atoms with Crippen LogP contribution in [0.1, 0.15) is 5.56 Å². The van der Waals surface area contributed by atoms with Gasteiger partial charge in [0.15, 0.2) is 11.2 Å². The van der Waals surface area contributed by atoms with Crippen LogP contribution in [0.3, 0.4) is 0 Å². The summed E-state index contributed by atoms with van der Waals surface area (Å²) in [6.45, 7) is 0.580. The first-order valence-corrected chi connectivity index (χ1v) is 8.02. The summed E-state index contributed by atoms with van der Waals surface area (Å²) >= 11 is 0. The van der Waals surface area contributed by atoms with Gasteiger partial charge in [-0.2, -0.15) is 0 Å². The first-order valence-electron chi connectivity index (χ1n) is 8.02. The van der Waals surface area contributed by atoms with Crippen molar-refractivity contribution < 1.29 is 0 Å². The maximum Gasteiger partial charge on any atom is 0.277 e. The predicted molar refractivity (Wildman–Crippen MR) is 98.7 cm³/mol. The van der Waals surface area contributed by atoms with Crippen molar-refractivity contribution >= 4 is 16.9 Å². The monoisotopic (exact) mass is 331 g/mol. The molecular weight excluding hydrogens is 314 g/mol. The van der Waals surface area contributed by atoms with E-state index >= 15 is 0 Å². The van der Waals surface area contributed by atoms with Gasteiger partial charge in [0.05, 0.1) is 6.33 Å². The van der Waals surface area contributed by atoms with E-state index in [0.717, 1.165) is 16.8 Å². The van der Waals surface area contributed by atoms with Gasteiger partial charge >= 0.3 is 0 Å². The molecule has 0 bridgehead atoms. The number of imidazole rings is 1. The topological polar surface area (TPSA) is 75.6 Å². The van der Waals surface area contributed by atoms with Gasteiger partial charge in [0.25, 0.3) is 5.56 Å². The molecule has 2 heterocycles. The smallest absolute Gasteiger partial charge is 0.277 e. The Morgan fingerprint density at radius 3 is 2.76 bits per heavy atom. The lowest BCUT2D eigenvalue weighted by atomic mass is 10.2. The lowest BCUT2D eigenvalue weighted by Gasteiger charge is -2.06. The third-order valence-electron chi connectivity index (χ3n) is 4.10. The Labute approximate surface area is 144 Å². The van der Waals surface area contributed by atoms with Gasteiger partial charge in [-0.25, -0.2) is 9.97 Å². The summed E-state index contributed by atoms with van der Waals surface area (Å²) in [5.41, 5.74) is 3.63. The number of H-pyrrole nitrogens is 1. The Balaban J connectivity index is 1.78. The van der Waals surface area contributed by atoms with E-state index in [1.165, 1.54) is 0 Å². The highest BCUT2D eigenvalue weighted by molar-refractivity contribution is 5.73. The zero-order valence-corrected chi connectivity index (χ0v) is 13.7. The molecule has 0 aliphatic heterocycles. The van der Waals surface area contributed by atoms with Crippen LogP contribution in [0.25, 0.3) is 22.6 Å². The van der Waals surface area contributed by atoms with E-state index in [2.05, 4.69) is 20.3 Å². The highest BCUT2D eigenvalue weighted by Gasteiger charge is 2.12. The summed E-state index contributed by atoms with van der Waals surface area (Å²) in [5.74, 6) is 0.513. The van der Waals surface area contributed by atoms with Gasteiger partial charge in [-0.1, -0.05) is 42.5 Å². The van der Waals surface area contributed by atoms with Crippen LogP contribution in [0.4, 0.5) is 5.69 Å². The van der Waals surface area contributed by atoms with Crippen molar-refractivity contribution in [2.75, 3.05) is 12.4 Å². The lowest BCUT2D eigenvalue weighted by molar-refractivity contribution is 0.819. The summed E-state index contributed by atoms with van der Waals surface area (Å²) in [7, 11) is 1.85. The molecule has 0 aliphatic rings. The third-order valence-corrected chi connectivity index (χ3v) is 4.10. The van der Waals surface area contributed by atoms with Gasteiger partial charge in [-0.3, -0.25) is 4.79 Å². The fourth-order valence-corrected chi connectivity index (χ4v) is 2.84. The van der Waals surface area contributed by atoms with Crippen LogP contribution in [0, 0.1) is 0 Å². The molecule has 6 nitrogen and oxygen atoms in total. The molecule has 25 heavy (non-hydrogen) atoms. The summed E-state index contributed by atoms with van der Waals surface area (Å²) < 4.78 is 1.82. The SMILES string of the molecule is CNc1cccc(-c2nc3ncn(Cc4ccccc4)c3c(=O)[nH]2)c1. The summed E-state index contributed by atoms with van der Waals surface area (Å²) in [5, 5.41) is 3.08. The number of nitrogens with one attached hydrogen (secondary N) is 2. The van der Waals surface area contributed by atoms with Crippen molar-refractivity contribution in [3.8, 4) is 11.4 Å². The average molecular weight is 331 g/mol. The van der Waals surface area contributed by atoms with Crippen LogP contribution in [0.15, 0.2) is 65.7 Å². The molecule has 2 N–H and O–H groups in total. The number of hydrogen-bond acceptors (Lipinski definition) is 4. The number of hydrogen-bond donors (Lipinski definition) is 2. The van der Waals surface area contributed by atoms with E-state index in [0.29, 0.717) is 23.5 Å². The molecule has 6 heteroatoms. The van der Waals surface area contributed by atoms with E-state index in [4.69, 9.17) is 0 Å². The molecular formula is C19H17N5O. The largest absolute Gasteiger partial charge is 0.388 e. The van der Waals surface area contributed by atoms with Crippen molar-refractivity contribution in [2.24, 2.45) is 0 Å². The van der Waals surface area contributed by atoms with E-state index in [1.54, 1.807) is 6.33 Å². The Hall–Kier alpha value is -3.41. The molecule has 0 amide bonds. The minimum atomic E-state index is -0.191. The van der Waals surface area contributed by atoms with E-state index < -0.39 is 0 Å². The minimum Gasteiger partial charge on any atom is -0.388 e. The highest BCUT2D eigenvalue weighted by atomic mass is 16.1. The Morgan fingerprint density at radius 2 is 1.96 bits per heavy atom. The van der Waals surface area contributed by atoms with Gasteiger partial charge in [0.1, 0.15) is 5.82 Å². The second-order valence-electron chi connectivity index (χ2n) is 5.78. The Bertz CT molecular complexity index is 1080. The molecule has 2 aromatic carbocycles. The minimum absolute atomic E-state index is 0.191. The van der Waals surface area contributed by atoms with Gasteiger partial charge in [-0.15, -0.1) is 0 Å². The zero-order chi connectivity index (χ0) is 17.2. The van der Waals surface area contributed by atoms with E-state index in [1.807, 2.05) is 66.2 Å². The number of aromatic amines is 1. The Morgan fingerprint density at radius 1 is 1.12 bits per heavy atom. The number of fused-ring (bicyclic) bond motifs is 1. The second kappa shape index (κ2) is 6.24. The highest BCUT2D eigenvalue weighted by Crippen LogP contribution is 2.19. The van der Waals surface area contributed by atoms with Crippen molar-refractivity contribution in [3.63, 3.8) is 0 Å². The third kappa shape index (κ3) is 2.89. The number of anilines is 1. The normalized spacial score (nSPS) is 10.9.